The number of rotatable bonds is 8. The molecule has 3 nitrogen and oxygen atoms in total. The van der Waals surface area contributed by atoms with Gasteiger partial charge in [-0.15, -0.1) is 0 Å². The van der Waals surface area contributed by atoms with Gasteiger partial charge in [-0.2, -0.15) is 17.0 Å². The summed E-state index contributed by atoms with van der Waals surface area (Å²) in [5.74, 6) is 1.61. The van der Waals surface area contributed by atoms with Gasteiger partial charge in [0, 0.05) is 11.8 Å². The Bertz CT molecular complexity index is 428. The summed E-state index contributed by atoms with van der Waals surface area (Å²) in [6.45, 7) is 0.200. The Kier molecular flexibility index (Phi) is 5.26. The number of nitriles is 1. The van der Waals surface area contributed by atoms with Crippen molar-refractivity contribution < 1.29 is 5.11 Å². The number of hydrogen-bond acceptors (Lipinski definition) is 4. The lowest BCUT2D eigenvalue weighted by Crippen LogP contribution is -2.43. The molecule has 102 valence electrons. The van der Waals surface area contributed by atoms with Gasteiger partial charge in [-0.1, -0.05) is 30.3 Å². The molecule has 0 heterocycles. The predicted molar refractivity (Wildman–Crippen MR) is 78.9 cm³/mol. The first-order chi connectivity index (χ1) is 9.30. The van der Waals surface area contributed by atoms with Gasteiger partial charge in [0.1, 0.15) is 5.54 Å². The van der Waals surface area contributed by atoms with E-state index >= 15 is 0 Å². The second kappa shape index (κ2) is 6.95. The minimum atomic E-state index is -0.578. The van der Waals surface area contributed by atoms with Crippen LogP contribution in [0, 0.1) is 11.3 Å². The van der Waals surface area contributed by atoms with E-state index in [9.17, 15) is 5.26 Å². The first kappa shape index (κ1) is 14.4. The highest BCUT2D eigenvalue weighted by molar-refractivity contribution is 7.99. The van der Waals surface area contributed by atoms with Crippen LogP contribution < -0.4 is 5.32 Å². The SMILES string of the molecule is N#CC(CCSCCO)(NC1CC1)c1ccccc1. The Morgan fingerprint density at radius 3 is 2.63 bits per heavy atom. The van der Waals surface area contributed by atoms with Gasteiger partial charge < -0.3 is 5.11 Å². The molecule has 0 aromatic heterocycles. The number of nitrogens with zero attached hydrogens (tertiary/aromatic N) is 1. The number of nitrogens with one attached hydrogen (secondary N) is 1. The Balaban J connectivity index is 2.09. The van der Waals surface area contributed by atoms with E-state index in [1.165, 1.54) is 12.8 Å². The molecule has 1 aromatic rings. The third kappa shape index (κ3) is 3.97. The van der Waals surface area contributed by atoms with Crippen molar-refractivity contribution in [1.29, 1.82) is 5.26 Å². The van der Waals surface area contributed by atoms with Crippen molar-refractivity contribution >= 4 is 11.8 Å². The second-order valence-corrected chi connectivity index (χ2v) is 6.11. The zero-order valence-electron chi connectivity index (χ0n) is 11.0. The highest BCUT2D eigenvalue weighted by Gasteiger charge is 2.37. The third-order valence-corrected chi connectivity index (χ3v) is 4.31. The fraction of sp³-hybridized carbons (Fsp3) is 0.533. The van der Waals surface area contributed by atoms with Gasteiger partial charge in [-0.3, -0.25) is 5.32 Å². The molecular weight excluding hydrogens is 256 g/mol. The summed E-state index contributed by atoms with van der Waals surface area (Å²) < 4.78 is 0. The fourth-order valence-electron chi connectivity index (χ4n) is 2.14. The lowest BCUT2D eigenvalue weighted by molar-refractivity contribution is 0.322. The molecule has 2 rings (SSSR count). The van der Waals surface area contributed by atoms with Gasteiger partial charge in [0.15, 0.2) is 0 Å². The van der Waals surface area contributed by atoms with E-state index < -0.39 is 5.54 Å². The van der Waals surface area contributed by atoms with Crippen molar-refractivity contribution in [2.24, 2.45) is 0 Å². The van der Waals surface area contributed by atoms with Crippen LogP contribution in [0.4, 0.5) is 0 Å². The molecule has 1 atom stereocenters. The number of benzene rings is 1. The first-order valence-electron chi connectivity index (χ1n) is 6.74. The maximum atomic E-state index is 9.69. The summed E-state index contributed by atoms with van der Waals surface area (Å²) >= 11 is 1.70. The van der Waals surface area contributed by atoms with Crippen LogP contribution in [-0.4, -0.2) is 29.3 Å². The van der Waals surface area contributed by atoms with E-state index in [1.54, 1.807) is 11.8 Å². The van der Waals surface area contributed by atoms with Crippen LogP contribution in [0.3, 0.4) is 0 Å². The second-order valence-electron chi connectivity index (χ2n) is 4.89. The highest BCUT2D eigenvalue weighted by atomic mass is 32.2. The van der Waals surface area contributed by atoms with Gasteiger partial charge in [0.05, 0.1) is 12.7 Å². The van der Waals surface area contributed by atoms with Crippen molar-refractivity contribution in [2.75, 3.05) is 18.1 Å². The van der Waals surface area contributed by atoms with Crippen LogP contribution in [0.1, 0.15) is 24.8 Å². The van der Waals surface area contributed by atoms with Crippen LogP contribution in [-0.2, 0) is 5.54 Å². The molecule has 1 fully saturated rings. The maximum Gasteiger partial charge on any atom is 0.133 e. The molecule has 1 aliphatic rings. The Labute approximate surface area is 119 Å². The molecule has 0 amide bonds. The molecule has 1 aliphatic carbocycles. The van der Waals surface area contributed by atoms with E-state index in [-0.39, 0.29) is 6.61 Å². The molecule has 1 aromatic carbocycles. The quantitative estimate of drug-likeness (QED) is 0.715. The van der Waals surface area contributed by atoms with Crippen LogP contribution >= 0.6 is 11.8 Å². The molecule has 4 heteroatoms. The Morgan fingerprint density at radius 1 is 1.32 bits per heavy atom. The minimum absolute atomic E-state index is 0.200. The van der Waals surface area contributed by atoms with Crippen LogP contribution in [0.25, 0.3) is 0 Å². The maximum absolute atomic E-state index is 9.69. The molecule has 0 spiro atoms. The van der Waals surface area contributed by atoms with E-state index in [1.807, 2.05) is 30.3 Å². The molecule has 0 saturated heterocycles. The standard InChI is InChI=1S/C15H20N2OS/c16-12-15(17-14-6-7-14,8-10-19-11-9-18)13-4-2-1-3-5-13/h1-5,14,17-18H,6-11H2. The number of hydrogen-bond donors (Lipinski definition) is 2. The van der Waals surface area contributed by atoms with Gasteiger partial charge >= 0.3 is 0 Å². The van der Waals surface area contributed by atoms with E-state index in [0.717, 1.165) is 23.5 Å². The highest BCUT2D eigenvalue weighted by Crippen LogP contribution is 2.31. The zero-order chi connectivity index (χ0) is 13.6. The predicted octanol–water partition coefficient (Wildman–Crippen LogP) is 2.27. The first-order valence-corrected chi connectivity index (χ1v) is 7.89. The molecule has 1 unspecified atom stereocenters. The van der Waals surface area contributed by atoms with Gasteiger partial charge in [0.2, 0.25) is 0 Å². The van der Waals surface area contributed by atoms with E-state index in [2.05, 4.69) is 11.4 Å². The minimum Gasteiger partial charge on any atom is -0.396 e. The van der Waals surface area contributed by atoms with Crippen molar-refractivity contribution in [3.05, 3.63) is 35.9 Å². The average Bonchev–Trinajstić information content (AvgIpc) is 3.27. The van der Waals surface area contributed by atoms with E-state index in [0.29, 0.717) is 6.04 Å². The molecule has 2 N–H and O–H groups in total. The van der Waals surface area contributed by atoms with Crippen LogP contribution in [0.15, 0.2) is 30.3 Å². The number of aliphatic hydroxyl groups excluding tert-OH is 1. The van der Waals surface area contributed by atoms with Crippen molar-refractivity contribution in [3.8, 4) is 6.07 Å². The summed E-state index contributed by atoms with van der Waals surface area (Å²) in [4.78, 5) is 0. The summed E-state index contributed by atoms with van der Waals surface area (Å²) in [5.41, 5.74) is 0.472. The van der Waals surface area contributed by atoms with E-state index in [4.69, 9.17) is 5.11 Å². The smallest absolute Gasteiger partial charge is 0.133 e. The van der Waals surface area contributed by atoms with Gasteiger partial charge in [0.25, 0.3) is 0 Å². The topological polar surface area (TPSA) is 56.0 Å². The van der Waals surface area contributed by atoms with Crippen LogP contribution in [0.2, 0.25) is 0 Å². The Morgan fingerprint density at radius 2 is 2.05 bits per heavy atom. The molecule has 19 heavy (non-hydrogen) atoms. The number of aliphatic hydroxyl groups is 1. The normalized spacial score (nSPS) is 17.7. The molecule has 1 saturated carbocycles. The molecule has 0 radical (unpaired) electrons. The summed E-state index contributed by atoms with van der Waals surface area (Å²) in [5, 5.41) is 22.0. The summed E-state index contributed by atoms with van der Waals surface area (Å²) in [6, 6.07) is 13.0. The lowest BCUT2D eigenvalue weighted by Gasteiger charge is -2.28. The van der Waals surface area contributed by atoms with Gasteiger partial charge in [-0.25, -0.2) is 0 Å². The molecule has 0 aliphatic heterocycles. The molecular formula is C15H20N2OS. The van der Waals surface area contributed by atoms with Crippen molar-refractivity contribution in [3.63, 3.8) is 0 Å². The van der Waals surface area contributed by atoms with Crippen molar-refractivity contribution in [2.45, 2.75) is 30.8 Å². The molecule has 0 bridgehead atoms. The summed E-state index contributed by atoms with van der Waals surface area (Å²) in [7, 11) is 0. The third-order valence-electron chi connectivity index (χ3n) is 3.34. The fourth-order valence-corrected chi connectivity index (χ4v) is 2.93. The largest absolute Gasteiger partial charge is 0.396 e. The zero-order valence-corrected chi connectivity index (χ0v) is 11.8. The van der Waals surface area contributed by atoms with Crippen LogP contribution in [0.5, 0.6) is 0 Å². The monoisotopic (exact) mass is 276 g/mol. The number of thioether (sulfide) groups is 1. The lowest BCUT2D eigenvalue weighted by atomic mass is 9.88. The summed E-state index contributed by atoms with van der Waals surface area (Å²) in [6.07, 6.45) is 3.11. The van der Waals surface area contributed by atoms with Gasteiger partial charge in [-0.05, 0) is 30.6 Å². The average molecular weight is 276 g/mol. The van der Waals surface area contributed by atoms with Crippen molar-refractivity contribution in [1.82, 2.24) is 5.32 Å². The Hall–Kier alpha value is -1.02.